The molecule has 3 rings (SSSR count). The molecule has 0 radical (unpaired) electrons. The Kier molecular flexibility index (Phi) is 4.61. The molecule has 1 aromatic carbocycles. The number of aromatic nitrogens is 2. The summed E-state index contributed by atoms with van der Waals surface area (Å²) in [6, 6.07) is 11.8. The molecule has 24 heavy (non-hydrogen) atoms. The molecule has 0 aliphatic rings. The molecule has 0 aliphatic carbocycles. The van der Waals surface area contributed by atoms with Gasteiger partial charge in [0.25, 0.3) is 5.56 Å². The summed E-state index contributed by atoms with van der Waals surface area (Å²) in [5.74, 6) is -0.140. The first-order valence-corrected chi connectivity index (χ1v) is 7.90. The maximum atomic E-state index is 12.0. The SMILES string of the molecule is Cc1cccn2c(=O)cc(OC(=O)COc3ccc(Br)cc3)nc12. The number of aryl methyl sites for hydroxylation is 1. The predicted molar refractivity (Wildman–Crippen MR) is 91.5 cm³/mol. The van der Waals surface area contributed by atoms with E-state index in [1.165, 1.54) is 10.5 Å². The molecular formula is C17H13BrN2O4. The number of pyridine rings is 1. The molecule has 122 valence electrons. The second kappa shape index (κ2) is 6.84. The summed E-state index contributed by atoms with van der Waals surface area (Å²) in [4.78, 5) is 28.1. The Bertz CT molecular complexity index is 951. The van der Waals surface area contributed by atoms with E-state index in [-0.39, 0.29) is 18.0 Å². The maximum Gasteiger partial charge on any atom is 0.350 e. The van der Waals surface area contributed by atoms with Crippen LogP contribution in [0, 0.1) is 6.92 Å². The van der Waals surface area contributed by atoms with Gasteiger partial charge in [0.1, 0.15) is 11.4 Å². The van der Waals surface area contributed by atoms with Crippen molar-refractivity contribution in [2.75, 3.05) is 6.61 Å². The molecule has 0 aliphatic heterocycles. The fourth-order valence-electron chi connectivity index (χ4n) is 2.11. The molecule has 0 saturated carbocycles. The number of rotatable bonds is 4. The molecule has 0 unspecified atom stereocenters. The summed E-state index contributed by atoms with van der Waals surface area (Å²) >= 11 is 3.31. The van der Waals surface area contributed by atoms with Crippen LogP contribution in [-0.4, -0.2) is 22.0 Å². The summed E-state index contributed by atoms with van der Waals surface area (Å²) < 4.78 is 12.7. The Morgan fingerprint density at radius 1 is 1.25 bits per heavy atom. The molecule has 2 aromatic heterocycles. The van der Waals surface area contributed by atoms with Crippen LogP contribution in [0.1, 0.15) is 5.56 Å². The number of fused-ring (bicyclic) bond motifs is 1. The third-order valence-corrected chi connectivity index (χ3v) is 3.78. The van der Waals surface area contributed by atoms with E-state index in [1.54, 1.807) is 36.5 Å². The van der Waals surface area contributed by atoms with Crippen molar-refractivity contribution in [1.82, 2.24) is 9.38 Å². The van der Waals surface area contributed by atoms with Crippen molar-refractivity contribution in [3.63, 3.8) is 0 Å². The molecule has 0 bridgehead atoms. The highest BCUT2D eigenvalue weighted by atomic mass is 79.9. The third-order valence-electron chi connectivity index (χ3n) is 3.25. The Hall–Kier alpha value is -2.67. The van der Waals surface area contributed by atoms with Gasteiger partial charge in [-0.3, -0.25) is 9.20 Å². The van der Waals surface area contributed by atoms with E-state index in [4.69, 9.17) is 9.47 Å². The average molecular weight is 389 g/mol. The van der Waals surface area contributed by atoms with Crippen molar-refractivity contribution >= 4 is 27.5 Å². The van der Waals surface area contributed by atoms with Crippen molar-refractivity contribution in [2.24, 2.45) is 0 Å². The van der Waals surface area contributed by atoms with Crippen LogP contribution in [0.15, 0.2) is 57.9 Å². The highest BCUT2D eigenvalue weighted by Crippen LogP contribution is 2.16. The van der Waals surface area contributed by atoms with Crippen LogP contribution in [0.3, 0.4) is 0 Å². The lowest BCUT2D eigenvalue weighted by Crippen LogP contribution is -2.21. The van der Waals surface area contributed by atoms with Gasteiger partial charge in [-0.15, -0.1) is 0 Å². The molecule has 7 heteroatoms. The number of hydrogen-bond donors (Lipinski definition) is 0. The van der Waals surface area contributed by atoms with Gasteiger partial charge >= 0.3 is 5.97 Å². The van der Waals surface area contributed by atoms with Crippen molar-refractivity contribution in [1.29, 1.82) is 0 Å². The lowest BCUT2D eigenvalue weighted by molar-refractivity contribution is -0.136. The quantitative estimate of drug-likeness (QED) is 0.642. The van der Waals surface area contributed by atoms with E-state index in [0.29, 0.717) is 11.4 Å². The molecule has 0 saturated heterocycles. The first-order valence-electron chi connectivity index (χ1n) is 7.11. The largest absolute Gasteiger partial charge is 0.482 e. The molecule has 0 N–H and O–H groups in total. The Morgan fingerprint density at radius 2 is 2.00 bits per heavy atom. The number of ether oxygens (including phenoxy) is 2. The summed E-state index contributed by atoms with van der Waals surface area (Å²) in [5.41, 5.74) is 0.931. The second-order valence-corrected chi connectivity index (χ2v) is 5.95. The number of esters is 1. The lowest BCUT2D eigenvalue weighted by Gasteiger charge is -2.08. The predicted octanol–water partition coefficient (Wildman–Crippen LogP) is 2.75. The Morgan fingerprint density at radius 3 is 2.75 bits per heavy atom. The van der Waals surface area contributed by atoms with E-state index in [9.17, 15) is 9.59 Å². The van der Waals surface area contributed by atoms with Gasteiger partial charge in [0, 0.05) is 10.7 Å². The first kappa shape index (κ1) is 16.2. The van der Waals surface area contributed by atoms with Crippen molar-refractivity contribution in [3.8, 4) is 11.6 Å². The molecule has 2 heterocycles. The highest BCUT2D eigenvalue weighted by Gasteiger charge is 2.10. The number of benzene rings is 1. The second-order valence-electron chi connectivity index (χ2n) is 5.03. The normalized spacial score (nSPS) is 10.6. The number of carbonyl (C=O) groups is 1. The minimum Gasteiger partial charge on any atom is -0.482 e. The average Bonchev–Trinajstić information content (AvgIpc) is 2.55. The summed E-state index contributed by atoms with van der Waals surface area (Å²) in [6.45, 7) is 1.54. The van der Waals surface area contributed by atoms with Crippen LogP contribution in [0.2, 0.25) is 0 Å². The van der Waals surface area contributed by atoms with Gasteiger partial charge in [-0.05, 0) is 42.8 Å². The molecular weight excluding hydrogens is 376 g/mol. The molecule has 6 nitrogen and oxygen atoms in total. The van der Waals surface area contributed by atoms with Crippen LogP contribution in [0.25, 0.3) is 5.65 Å². The van der Waals surface area contributed by atoms with Gasteiger partial charge < -0.3 is 9.47 Å². The number of hydrogen-bond acceptors (Lipinski definition) is 5. The fourth-order valence-corrected chi connectivity index (χ4v) is 2.38. The lowest BCUT2D eigenvalue weighted by atomic mass is 10.3. The van der Waals surface area contributed by atoms with Gasteiger partial charge in [-0.25, -0.2) is 4.79 Å². The summed E-state index contributed by atoms with van der Waals surface area (Å²) in [5, 5.41) is 0. The fraction of sp³-hybridized carbons (Fsp3) is 0.118. The van der Waals surface area contributed by atoms with Crippen LogP contribution in [0.5, 0.6) is 11.6 Å². The van der Waals surface area contributed by atoms with Crippen LogP contribution >= 0.6 is 15.9 Å². The zero-order valence-corrected chi connectivity index (χ0v) is 14.3. The van der Waals surface area contributed by atoms with E-state index in [1.807, 2.05) is 13.0 Å². The van der Waals surface area contributed by atoms with Crippen LogP contribution in [0.4, 0.5) is 0 Å². The van der Waals surface area contributed by atoms with Gasteiger partial charge in [-0.1, -0.05) is 22.0 Å². The topological polar surface area (TPSA) is 69.9 Å². The zero-order chi connectivity index (χ0) is 17.1. The summed E-state index contributed by atoms with van der Waals surface area (Å²) in [7, 11) is 0. The first-order chi connectivity index (χ1) is 11.5. The van der Waals surface area contributed by atoms with E-state index >= 15 is 0 Å². The minimum absolute atomic E-state index is 0.0429. The molecule has 0 amide bonds. The zero-order valence-electron chi connectivity index (χ0n) is 12.7. The minimum atomic E-state index is -0.636. The Balaban J connectivity index is 1.72. The standard InChI is InChI=1S/C17H13BrN2O4/c1-11-3-2-8-20-15(21)9-14(19-17(11)20)24-16(22)10-23-13-6-4-12(18)5-7-13/h2-9H,10H2,1H3. The summed E-state index contributed by atoms with van der Waals surface area (Å²) in [6.07, 6.45) is 1.61. The molecule has 0 atom stereocenters. The number of halogens is 1. The van der Waals surface area contributed by atoms with Gasteiger partial charge in [-0.2, -0.15) is 4.98 Å². The van der Waals surface area contributed by atoms with E-state index < -0.39 is 5.97 Å². The smallest absolute Gasteiger partial charge is 0.350 e. The monoisotopic (exact) mass is 388 g/mol. The maximum absolute atomic E-state index is 12.0. The van der Waals surface area contributed by atoms with Gasteiger partial charge in [0.05, 0.1) is 6.07 Å². The molecule has 0 fully saturated rings. The van der Waals surface area contributed by atoms with Crippen molar-refractivity contribution in [2.45, 2.75) is 6.92 Å². The molecule has 3 aromatic rings. The van der Waals surface area contributed by atoms with E-state index in [0.717, 1.165) is 10.0 Å². The molecule has 0 spiro atoms. The van der Waals surface area contributed by atoms with Crippen LogP contribution < -0.4 is 15.0 Å². The van der Waals surface area contributed by atoms with Gasteiger partial charge in [0.15, 0.2) is 6.61 Å². The highest BCUT2D eigenvalue weighted by molar-refractivity contribution is 9.10. The Labute approximate surface area is 145 Å². The number of nitrogens with zero attached hydrogens (tertiary/aromatic N) is 2. The number of carbonyl (C=O) groups excluding carboxylic acids is 1. The third kappa shape index (κ3) is 3.62. The van der Waals surface area contributed by atoms with Crippen LogP contribution in [-0.2, 0) is 4.79 Å². The van der Waals surface area contributed by atoms with Crippen molar-refractivity contribution < 1.29 is 14.3 Å². The van der Waals surface area contributed by atoms with Crippen molar-refractivity contribution in [3.05, 3.63) is 69.1 Å². The van der Waals surface area contributed by atoms with E-state index in [2.05, 4.69) is 20.9 Å². The van der Waals surface area contributed by atoms with Gasteiger partial charge in [0.2, 0.25) is 5.88 Å².